The fourth-order valence-electron chi connectivity index (χ4n) is 2.39. The highest BCUT2D eigenvalue weighted by Crippen LogP contribution is 2.25. The van der Waals surface area contributed by atoms with Crippen LogP contribution in [0, 0.1) is 0 Å². The molecule has 0 radical (unpaired) electrons. The lowest BCUT2D eigenvalue weighted by atomic mass is 10.1. The van der Waals surface area contributed by atoms with Gasteiger partial charge in [0.25, 0.3) is 5.91 Å². The predicted octanol–water partition coefficient (Wildman–Crippen LogP) is 2.80. The number of amides is 1. The maximum Gasteiger partial charge on any atom is 0.338 e. The van der Waals surface area contributed by atoms with Crippen LogP contribution in [0.4, 0.5) is 0 Å². The summed E-state index contributed by atoms with van der Waals surface area (Å²) in [6.45, 7) is 3.57. The van der Waals surface area contributed by atoms with Crippen LogP contribution in [0.2, 0.25) is 0 Å². The van der Waals surface area contributed by atoms with Crippen LogP contribution < -0.4 is 19.6 Å². The third kappa shape index (κ3) is 6.24. The predicted molar refractivity (Wildman–Crippen MR) is 108 cm³/mol. The van der Waals surface area contributed by atoms with E-state index in [9.17, 15) is 9.59 Å². The molecule has 0 fully saturated rings. The normalized spacial score (nSPS) is 10.8. The van der Waals surface area contributed by atoms with E-state index < -0.39 is 11.9 Å². The van der Waals surface area contributed by atoms with E-state index in [1.807, 2.05) is 0 Å². The van der Waals surface area contributed by atoms with Crippen LogP contribution in [-0.4, -0.2) is 45.0 Å². The van der Waals surface area contributed by atoms with Gasteiger partial charge in [-0.25, -0.2) is 10.2 Å². The van der Waals surface area contributed by atoms with Crippen molar-refractivity contribution in [3.05, 3.63) is 53.6 Å². The minimum Gasteiger partial charge on any atom is -0.497 e. The molecule has 8 nitrogen and oxygen atoms in total. The number of carbonyl (C=O) groups excluding carboxylic acids is 2. The molecule has 0 saturated carbocycles. The fraction of sp³-hybridized carbons (Fsp3) is 0.286. The Labute approximate surface area is 169 Å². The number of rotatable bonds is 9. The molecule has 0 aromatic heterocycles. The summed E-state index contributed by atoms with van der Waals surface area (Å²) in [7, 11) is 3.12. The molecule has 0 atom stereocenters. The zero-order valence-electron chi connectivity index (χ0n) is 16.9. The topological polar surface area (TPSA) is 95.5 Å². The van der Waals surface area contributed by atoms with Gasteiger partial charge in [-0.3, -0.25) is 4.79 Å². The molecule has 0 spiro atoms. The van der Waals surface area contributed by atoms with Crippen LogP contribution in [-0.2, 0) is 9.53 Å². The molecular weight excluding hydrogens is 376 g/mol. The monoisotopic (exact) mass is 400 g/mol. The van der Waals surface area contributed by atoms with E-state index in [2.05, 4.69) is 10.5 Å². The number of benzene rings is 2. The first-order valence-electron chi connectivity index (χ1n) is 8.94. The van der Waals surface area contributed by atoms with Crippen molar-refractivity contribution in [1.82, 2.24) is 5.43 Å². The highest BCUT2D eigenvalue weighted by molar-refractivity contribution is 6.01. The van der Waals surface area contributed by atoms with Crippen molar-refractivity contribution < 1.29 is 28.5 Å². The van der Waals surface area contributed by atoms with Gasteiger partial charge >= 0.3 is 5.97 Å². The number of ether oxygens (including phenoxy) is 4. The first kappa shape index (κ1) is 21.7. The number of esters is 1. The molecular formula is C21H24N2O6. The molecule has 154 valence electrons. The van der Waals surface area contributed by atoms with Crippen molar-refractivity contribution in [3.63, 3.8) is 0 Å². The summed E-state index contributed by atoms with van der Waals surface area (Å²) >= 11 is 0. The van der Waals surface area contributed by atoms with E-state index in [1.165, 1.54) is 0 Å². The molecule has 0 heterocycles. The van der Waals surface area contributed by atoms with Gasteiger partial charge in [-0.15, -0.1) is 0 Å². The molecule has 1 N–H and O–H groups in total. The third-order valence-electron chi connectivity index (χ3n) is 3.88. The van der Waals surface area contributed by atoms with Gasteiger partial charge in [0.1, 0.15) is 17.2 Å². The van der Waals surface area contributed by atoms with E-state index in [1.54, 1.807) is 70.5 Å². The number of hydrogen-bond acceptors (Lipinski definition) is 7. The molecule has 2 rings (SSSR count). The Bertz CT molecular complexity index is 877. The Morgan fingerprint density at radius 2 is 1.69 bits per heavy atom. The summed E-state index contributed by atoms with van der Waals surface area (Å²) in [5, 5.41) is 4.08. The van der Waals surface area contributed by atoms with Gasteiger partial charge in [-0.05, 0) is 50.2 Å². The van der Waals surface area contributed by atoms with E-state index >= 15 is 0 Å². The molecule has 0 saturated heterocycles. The van der Waals surface area contributed by atoms with Crippen molar-refractivity contribution >= 4 is 17.6 Å². The molecule has 0 aliphatic rings. The van der Waals surface area contributed by atoms with Crippen LogP contribution in [0.3, 0.4) is 0 Å². The van der Waals surface area contributed by atoms with Crippen LogP contribution in [0.15, 0.2) is 47.6 Å². The highest BCUT2D eigenvalue weighted by Gasteiger charge is 2.10. The molecule has 1 amide bonds. The average Bonchev–Trinajstić information content (AvgIpc) is 2.75. The number of nitrogens with one attached hydrogen (secondary N) is 1. The van der Waals surface area contributed by atoms with E-state index in [0.717, 1.165) is 5.56 Å². The van der Waals surface area contributed by atoms with Crippen LogP contribution >= 0.6 is 0 Å². The Morgan fingerprint density at radius 1 is 1.00 bits per heavy atom. The maximum absolute atomic E-state index is 12.0. The van der Waals surface area contributed by atoms with Crippen LogP contribution in [0.5, 0.6) is 17.2 Å². The Morgan fingerprint density at radius 3 is 2.31 bits per heavy atom. The van der Waals surface area contributed by atoms with E-state index in [4.69, 9.17) is 18.9 Å². The standard InChI is InChI=1S/C21H24N2O6/c1-5-28-21(25)15-6-8-16(9-7-15)29-13-20(24)23-22-14(2)18-11-10-17(26-3)12-19(18)27-4/h6-12H,5,13H2,1-4H3,(H,23,24)/b22-14+. The van der Waals surface area contributed by atoms with Gasteiger partial charge in [0.05, 0.1) is 32.1 Å². The number of methoxy groups -OCH3 is 2. The van der Waals surface area contributed by atoms with Crippen LogP contribution in [0.1, 0.15) is 29.8 Å². The largest absolute Gasteiger partial charge is 0.497 e. The van der Waals surface area contributed by atoms with Gasteiger partial charge in [0.2, 0.25) is 0 Å². The lowest BCUT2D eigenvalue weighted by Gasteiger charge is -2.10. The number of nitrogens with zero attached hydrogens (tertiary/aromatic N) is 1. The fourth-order valence-corrected chi connectivity index (χ4v) is 2.39. The minimum absolute atomic E-state index is 0.227. The second-order valence-corrected chi connectivity index (χ2v) is 5.83. The number of hydrazone groups is 1. The van der Waals surface area contributed by atoms with Gasteiger partial charge in [0, 0.05) is 11.6 Å². The average molecular weight is 400 g/mol. The molecule has 29 heavy (non-hydrogen) atoms. The summed E-state index contributed by atoms with van der Waals surface area (Å²) < 4.78 is 20.8. The van der Waals surface area contributed by atoms with Crippen molar-refractivity contribution in [3.8, 4) is 17.2 Å². The zero-order chi connectivity index (χ0) is 21.2. The molecule has 2 aromatic rings. The highest BCUT2D eigenvalue weighted by atomic mass is 16.5. The SMILES string of the molecule is CCOC(=O)c1ccc(OCC(=O)N/N=C(\C)c2ccc(OC)cc2OC)cc1. The van der Waals surface area contributed by atoms with E-state index in [-0.39, 0.29) is 6.61 Å². The second-order valence-electron chi connectivity index (χ2n) is 5.83. The lowest BCUT2D eigenvalue weighted by molar-refractivity contribution is -0.123. The Hall–Kier alpha value is -3.55. The molecule has 0 aliphatic carbocycles. The second kappa shape index (κ2) is 10.7. The van der Waals surface area contributed by atoms with Gasteiger partial charge in [-0.1, -0.05) is 0 Å². The summed E-state index contributed by atoms with van der Waals surface area (Å²) in [4.78, 5) is 23.6. The van der Waals surface area contributed by atoms with Crippen LogP contribution in [0.25, 0.3) is 0 Å². The summed E-state index contributed by atoms with van der Waals surface area (Å²) in [5.41, 5.74) is 4.15. The van der Waals surface area contributed by atoms with Gasteiger partial charge < -0.3 is 18.9 Å². The number of hydrogen-bond donors (Lipinski definition) is 1. The van der Waals surface area contributed by atoms with Gasteiger partial charge in [0.15, 0.2) is 6.61 Å². The summed E-state index contributed by atoms with van der Waals surface area (Å²) in [6, 6.07) is 11.6. The Balaban J connectivity index is 1.91. The van der Waals surface area contributed by atoms with E-state index in [0.29, 0.717) is 35.1 Å². The first-order chi connectivity index (χ1) is 14.0. The summed E-state index contributed by atoms with van der Waals surface area (Å²) in [5.74, 6) is 0.857. The van der Waals surface area contributed by atoms with Crippen molar-refractivity contribution in [1.29, 1.82) is 0 Å². The van der Waals surface area contributed by atoms with Crippen molar-refractivity contribution in [2.45, 2.75) is 13.8 Å². The minimum atomic E-state index is -0.425. The smallest absolute Gasteiger partial charge is 0.338 e. The Kier molecular flexibility index (Phi) is 8.02. The molecule has 0 unspecified atom stereocenters. The summed E-state index contributed by atoms with van der Waals surface area (Å²) in [6.07, 6.45) is 0. The maximum atomic E-state index is 12.0. The molecule has 0 bridgehead atoms. The van der Waals surface area contributed by atoms with Crippen molar-refractivity contribution in [2.75, 3.05) is 27.4 Å². The van der Waals surface area contributed by atoms with Crippen molar-refractivity contribution in [2.24, 2.45) is 5.10 Å². The quantitative estimate of drug-likeness (QED) is 0.395. The lowest BCUT2D eigenvalue weighted by Crippen LogP contribution is -2.25. The molecule has 2 aromatic carbocycles. The third-order valence-corrected chi connectivity index (χ3v) is 3.88. The molecule has 0 aliphatic heterocycles. The molecule has 8 heteroatoms. The van der Waals surface area contributed by atoms with Gasteiger partial charge in [-0.2, -0.15) is 5.10 Å². The zero-order valence-corrected chi connectivity index (χ0v) is 16.9. The first-order valence-corrected chi connectivity index (χ1v) is 8.94. The number of carbonyl (C=O) groups is 2.